The molecule has 0 amide bonds. The highest BCUT2D eigenvalue weighted by Crippen LogP contribution is 2.22. The van der Waals surface area contributed by atoms with Gasteiger partial charge in [0.2, 0.25) is 5.95 Å². The molecule has 0 aliphatic rings. The summed E-state index contributed by atoms with van der Waals surface area (Å²) in [5, 5.41) is 7.37. The Labute approximate surface area is 124 Å². The molecule has 2 aromatic heterocycles. The van der Waals surface area contributed by atoms with Gasteiger partial charge >= 0.3 is 6.01 Å². The molecule has 2 heterocycles. The lowest BCUT2D eigenvalue weighted by Gasteiger charge is -2.07. The van der Waals surface area contributed by atoms with Crippen molar-refractivity contribution in [2.75, 3.05) is 12.4 Å². The second-order valence-electron chi connectivity index (χ2n) is 3.89. The Morgan fingerprint density at radius 2 is 2.14 bits per heavy atom. The molecule has 8 nitrogen and oxygen atoms in total. The predicted octanol–water partition coefficient (Wildman–Crippen LogP) is 1.94. The van der Waals surface area contributed by atoms with Crippen molar-refractivity contribution in [2.45, 2.75) is 0 Å². The van der Waals surface area contributed by atoms with E-state index in [1.165, 1.54) is 17.3 Å². The normalized spacial score (nSPS) is 10.4. The first-order valence-corrected chi connectivity index (χ1v) is 6.34. The van der Waals surface area contributed by atoms with Crippen molar-refractivity contribution < 1.29 is 4.74 Å². The zero-order valence-corrected chi connectivity index (χ0v) is 11.7. The molecule has 1 N–H and O–H groups in total. The molecule has 0 saturated heterocycles. The highest BCUT2D eigenvalue weighted by molar-refractivity contribution is 6.30. The van der Waals surface area contributed by atoms with Gasteiger partial charge in [0.05, 0.1) is 0 Å². The summed E-state index contributed by atoms with van der Waals surface area (Å²) in [5.74, 6) is 1.18. The van der Waals surface area contributed by atoms with Gasteiger partial charge in [-0.05, 0) is 18.2 Å². The van der Waals surface area contributed by atoms with Crippen LogP contribution < -0.4 is 10.1 Å². The fraction of sp³-hybridized carbons (Fsp3) is 0.0833. The van der Waals surface area contributed by atoms with Crippen LogP contribution in [0.15, 0.2) is 36.9 Å². The van der Waals surface area contributed by atoms with Crippen molar-refractivity contribution in [1.29, 1.82) is 0 Å². The molecule has 0 spiro atoms. The summed E-state index contributed by atoms with van der Waals surface area (Å²) in [6, 6.07) is 7.07. The van der Waals surface area contributed by atoms with E-state index >= 15 is 0 Å². The molecular weight excluding hydrogens is 294 g/mol. The van der Waals surface area contributed by atoms with Crippen LogP contribution in [-0.2, 0) is 0 Å². The minimum atomic E-state index is 0.127. The highest BCUT2D eigenvalue weighted by Gasteiger charge is 2.10. The third kappa shape index (κ3) is 3.06. The van der Waals surface area contributed by atoms with Crippen molar-refractivity contribution in [1.82, 2.24) is 29.7 Å². The lowest BCUT2D eigenvalue weighted by molar-refractivity contribution is 0.438. The van der Waals surface area contributed by atoms with Gasteiger partial charge in [0, 0.05) is 12.1 Å². The summed E-state index contributed by atoms with van der Waals surface area (Å²) in [5.41, 5.74) is 0. The van der Waals surface area contributed by atoms with Crippen molar-refractivity contribution in [3.63, 3.8) is 0 Å². The monoisotopic (exact) mass is 303 g/mol. The molecule has 9 heteroatoms. The molecule has 0 unspecified atom stereocenters. The summed E-state index contributed by atoms with van der Waals surface area (Å²) in [6.45, 7) is 0. The number of halogens is 1. The van der Waals surface area contributed by atoms with E-state index < -0.39 is 0 Å². The van der Waals surface area contributed by atoms with Crippen molar-refractivity contribution in [3.8, 4) is 17.7 Å². The second kappa shape index (κ2) is 5.71. The number of anilines is 1. The molecule has 1 aromatic carbocycles. The van der Waals surface area contributed by atoms with Crippen molar-refractivity contribution in [3.05, 3.63) is 41.9 Å². The zero-order valence-electron chi connectivity index (χ0n) is 10.9. The van der Waals surface area contributed by atoms with Crippen LogP contribution in [0.25, 0.3) is 5.95 Å². The lowest BCUT2D eigenvalue weighted by Crippen LogP contribution is -2.08. The Morgan fingerprint density at radius 1 is 1.24 bits per heavy atom. The summed E-state index contributed by atoms with van der Waals surface area (Å²) in [7, 11) is 1.70. The molecule has 0 radical (unpaired) electrons. The van der Waals surface area contributed by atoms with Gasteiger partial charge in [-0.15, -0.1) is 0 Å². The smallest absolute Gasteiger partial charge is 0.328 e. The molecule has 0 aliphatic carbocycles. The maximum absolute atomic E-state index is 5.91. The van der Waals surface area contributed by atoms with E-state index in [4.69, 9.17) is 16.3 Å². The third-order valence-corrected chi connectivity index (χ3v) is 2.69. The van der Waals surface area contributed by atoms with E-state index in [0.717, 1.165) is 0 Å². The number of aromatic nitrogens is 6. The molecule has 21 heavy (non-hydrogen) atoms. The van der Waals surface area contributed by atoms with Gasteiger partial charge in [-0.1, -0.05) is 17.7 Å². The number of ether oxygens (including phenoxy) is 1. The predicted molar refractivity (Wildman–Crippen MR) is 75.8 cm³/mol. The molecule has 0 fully saturated rings. The molecule has 0 aliphatic heterocycles. The maximum atomic E-state index is 5.91. The lowest BCUT2D eigenvalue weighted by atomic mass is 10.3. The number of nitrogens with zero attached hydrogens (tertiary/aromatic N) is 6. The second-order valence-corrected chi connectivity index (χ2v) is 4.33. The van der Waals surface area contributed by atoms with Gasteiger partial charge < -0.3 is 10.1 Å². The standard InChI is InChI=1S/C12H10ClN7O/c1-14-10-17-11(20-7-15-6-16-20)19-12(18-10)21-9-4-2-3-8(13)5-9/h2-7H,1H3,(H,14,17,18,19). The summed E-state index contributed by atoms with van der Waals surface area (Å²) < 4.78 is 7.00. The fourth-order valence-corrected chi connectivity index (χ4v) is 1.73. The molecule has 3 aromatic rings. The van der Waals surface area contributed by atoms with E-state index in [9.17, 15) is 0 Å². The largest absolute Gasteiger partial charge is 0.424 e. The zero-order chi connectivity index (χ0) is 14.7. The number of hydrogen-bond donors (Lipinski definition) is 1. The van der Waals surface area contributed by atoms with E-state index in [1.54, 1.807) is 31.3 Å². The molecule has 106 valence electrons. The minimum absolute atomic E-state index is 0.127. The molecule has 0 atom stereocenters. The van der Waals surface area contributed by atoms with Crippen LogP contribution in [0.3, 0.4) is 0 Å². The van der Waals surface area contributed by atoms with E-state index in [-0.39, 0.29) is 6.01 Å². The van der Waals surface area contributed by atoms with Gasteiger partial charge in [-0.2, -0.15) is 24.7 Å². The average Bonchev–Trinajstić information content (AvgIpc) is 3.01. The van der Waals surface area contributed by atoms with Gasteiger partial charge in [0.1, 0.15) is 18.4 Å². The SMILES string of the molecule is CNc1nc(Oc2cccc(Cl)c2)nc(-n2cncn2)n1. The molecule has 0 bridgehead atoms. The van der Waals surface area contributed by atoms with Gasteiger partial charge in [0.15, 0.2) is 0 Å². The van der Waals surface area contributed by atoms with Crippen molar-refractivity contribution in [2.24, 2.45) is 0 Å². The number of nitrogens with one attached hydrogen (secondary N) is 1. The van der Waals surface area contributed by atoms with E-state index in [2.05, 4.69) is 30.4 Å². The van der Waals surface area contributed by atoms with Crippen LogP contribution >= 0.6 is 11.6 Å². The quantitative estimate of drug-likeness (QED) is 0.787. The van der Waals surface area contributed by atoms with Crippen LogP contribution in [0.1, 0.15) is 0 Å². The van der Waals surface area contributed by atoms with Crippen LogP contribution in [0.5, 0.6) is 11.8 Å². The van der Waals surface area contributed by atoms with Gasteiger partial charge in [0.25, 0.3) is 5.95 Å². The first-order valence-electron chi connectivity index (χ1n) is 5.97. The van der Waals surface area contributed by atoms with E-state index in [1.807, 2.05) is 0 Å². The Hall–Kier alpha value is -2.74. The highest BCUT2D eigenvalue weighted by atomic mass is 35.5. The first kappa shape index (κ1) is 13.3. The van der Waals surface area contributed by atoms with Crippen molar-refractivity contribution >= 4 is 17.5 Å². The third-order valence-electron chi connectivity index (χ3n) is 2.46. The summed E-state index contributed by atoms with van der Waals surface area (Å²) >= 11 is 5.91. The maximum Gasteiger partial charge on any atom is 0.328 e. The van der Waals surface area contributed by atoms with Gasteiger partial charge in [-0.25, -0.2) is 4.98 Å². The fourth-order valence-electron chi connectivity index (χ4n) is 1.55. The number of benzene rings is 1. The first-order chi connectivity index (χ1) is 10.2. The Balaban J connectivity index is 1.96. The van der Waals surface area contributed by atoms with Crippen LogP contribution in [0.4, 0.5) is 5.95 Å². The number of rotatable bonds is 4. The Bertz CT molecular complexity index is 747. The van der Waals surface area contributed by atoms with Crippen LogP contribution in [0, 0.1) is 0 Å². The van der Waals surface area contributed by atoms with Crippen LogP contribution in [0.2, 0.25) is 5.02 Å². The average molecular weight is 304 g/mol. The Morgan fingerprint density at radius 3 is 2.86 bits per heavy atom. The molecule has 0 saturated carbocycles. The van der Waals surface area contributed by atoms with E-state index in [0.29, 0.717) is 22.7 Å². The summed E-state index contributed by atoms with van der Waals surface area (Å²) in [4.78, 5) is 16.3. The summed E-state index contributed by atoms with van der Waals surface area (Å²) in [6.07, 6.45) is 2.87. The molecular formula is C12H10ClN7O. The van der Waals surface area contributed by atoms with Crippen LogP contribution in [-0.4, -0.2) is 36.8 Å². The minimum Gasteiger partial charge on any atom is -0.424 e. The van der Waals surface area contributed by atoms with Gasteiger partial charge in [-0.3, -0.25) is 0 Å². The Kier molecular flexibility index (Phi) is 3.61. The molecule has 3 rings (SSSR count). The number of hydrogen-bond acceptors (Lipinski definition) is 7. The topological polar surface area (TPSA) is 90.6 Å².